The Labute approximate surface area is 224 Å². The van der Waals surface area contributed by atoms with Crippen LogP contribution in [0.15, 0.2) is 73.1 Å². The molecule has 0 amide bonds. The summed E-state index contributed by atoms with van der Waals surface area (Å²) in [5.74, 6) is 1.65. The largest absolute Gasteiger partial charge is 0.465 e. The zero-order chi connectivity index (χ0) is 26.6. The van der Waals surface area contributed by atoms with E-state index in [1.807, 2.05) is 31.5 Å². The van der Waals surface area contributed by atoms with Crippen LogP contribution in [-0.2, 0) is 4.74 Å². The van der Waals surface area contributed by atoms with E-state index in [9.17, 15) is 4.79 Å². The molecule has 6 heteroatoms. The monoisotopic (exact) mass is 506 g/mol. The molecule has 194 valence electrons. The first-order valence-corrected chi connectivity index (χ1v) is 13.1. The molecular formula is C32H34N4O2. The maximum absolute atomic E-state index is 12.0. The van der Waals surface area contributed by atoms with Crippen LogP contribution in [0.3, 0.4) is 0 Å². The van der Waals surface area contributed by atoms with Crippen LogP contribution < -0.4 is 9.80 Å². The van der Waals surface area contributed by atoms with Gasteiger partial charge in [0, 0.05) is 49.7 Å². The molecule has 38 heavy (non-hydrogen) atoms. The first-order valence-electron chi connectivity index (χ1n) is 13.1. The first-order chi connectivity index (χ1) is 18.4. The lowest BCUT2D eigenvalue weighted by Gasteiger charge is -2.23. The lowest BCUT2D eigenvalue weighted by Crippen LogP contribution is -2.31. The van der Waals surface area contributed by atoms with Crippen molar-refractivity contribution in [3.05, 3.63) is 95.3 Å². The van der Waals surface area contributed by atoms with Crippen molar-refractivity contribution in [1.82, 2.24) is 9.97 Å². The number of carbonyl (C=O) groups is 1. The number of pyridine rings is 2. The molecule has 2 aromatic heterocycles. The minimum atomic E-state index is -0.331. The van der Waals surface area contributed by atoms with Gasteiger partial charge < -0.3 is 14.5 Å². The molecule has 4 aromatic rings. The van der Waals surface area contributed by atoms with Crippen molar-refractivity contribution in [3.63, 3.8) is 0 Å². The van der Waals surface area contributed by atoms with E-state index in [4.69, 9.17) is 14.7 Å². The molecule has 0 unspecified atom stereocenters. The van der Waals surface area contributed by atoms with Gasteiger partial charge in [-0.05, 0) is 80.3 Å². The Morgan fingerprint density at radius 3 is 1.63 bits per heavy atom. The van der Waals surface area contributed by atoms with E-state index < -0.39 is 0 Å². The Morgan fingerprint density at radius 2 is 1.16 bits per heavy atom. The van der Waals surface area contributed by atoms with Gasteiger partial charge in [-0.3, -0.25) is 0 Å². The van der Waals surface area contributed by atoms with Gasteiger partial charge in [0.05, 0.1) is 12.7 Å². The smallest absolute Gasteiger partial charge is 0.337 e. The number of carbonyl (C=O) groups excluding carboxylic acids is 1. The van der Waals surface area contributed by atoms with Crippen LogP contribution in [0, 0.1) is 20.8 Å². The maximum atomic E-state index is 12.0. The van der Waals surface area contributed by atoms with E-state index in [0.29, 0.717) is 5.56 Å². The van der Waals surface area contributed by atoms with Gasteiger partial charge in [0.2, 0.25) is 0 Å². The summed E-state index contributed by atoms with van der Waals surface area (Å²) in [6.45, 7) is 9.92. The highest BCUT2D eigenvalue weighted by Crippen LogP contribution is 2.26. The molecule has 0 aliphatic carbocycles. The number of rotatable bonds is 5. The number of esters is 1. The minimum Gasteiger partial charge on any atom is -0.465 e. The Hall–Kier alpha value is -4.19. The number of hydrogen-bond donors (Lipinski definition) is 0. The number of benzene rings is 2. The molecular weight excluding hydrogens is 472 g/mol. The van der Waals surface area contributed by atoms with Gasteiger partial charge in [0.25, 0.3) is 0 Å². The van der Waals surface area contributed by atoms with Crippen molar-refractivity contribution in [2.45, 2.75) is 27.2 Å². The van der Waals surface area contributed by atoms with Crippen molar-refractivity contribution < 1.29 is 9.53 Å². The van der Waals surface area contributed by atoms with Gasteiger partial charge in [-0.2, -0.15) is 0 Å². The van der Waals surface area contributed by atoms with Crippen LogP contribution in [0.25, 0.3) is 22.3 Å². The van der Waals surface area contributed by atoms with E-state index in [-0.39, 0.29) is 5.97 Å². The summed E-state index contributed by atoms with van der Waals surface area (Å²) in [6.07, 6.45) is 4.91. The number of ether oxygens (including phenoxy) is 1. The molecule has 0 atom stereocenters. The van der Waals surface area contributed by atoms with E-state index in [0.717, 1.165) is 66.5 Å². The van der Waals surface area contributed by atoms with Crippen molar-refractivity contribution in [3.8, 4) is 22.3 Å². The molecule has 0 saturated carbocycles. The minimum absolute atomic E-state index is 0.331. The number of aryl methyl sites for hydroxylation is 3. The van der Waals surface area contributed by atoms with Gasteiger partial charge >= 0.3 is 5.97 Å². The second-order valence-electron chi connectivity index (χ2n) is 10.1. The quantitative estimate of drug-likeness (QED) is 0.299. The third kappa shape index (κ3) is 5.70. The Bertz CT molecular complexity index is 1410. The molecule has 1 aliphatic heterocycles. The second kappa shape index (κ2) is 11.1. The van der Waals surface area contributed by atoms with Gasteiger partial charge in [-0.25, -0.2) is 14.8 Å². The Kier molecular flexibility index (Phi) is 7.40. The van der Waals surface area contributed by atoms with Crippen molar-refractivity contribution in [2.75, 3.05) is 43.1 Å². The molecule has 2 aromatic carbocycles. The van der Waals surface area contributed by atoms with Crippen LogP contribution in [0.4, 0.5) is 11.6 Å². The van der Waals surface area contributed by atoms with E-state index in [1.165, 1.54) is 23.8 Å². The number of nitrogens with zero attached hydrogens (tertiary/aromatic N) is 4. The highest BCUT2D eigenvalue weighted by molar-refractivity contribution is 5.91. The predicted molar refractivity (Wildman–Crippen MR) is 154 cm³/mol. The average Bonchev–Trinajstić information content (AvgIpc) is 3.18. The molecule has 6 nitrogen and oxygen atoms in total. The highest BCUT2D eigenvalue weighted by atomic mass is 16.5. The maximum Gasteiger partial charge on any atom is 0.337 e. The van der Waals surface area contributed by atoms with Crippen molar-refractivity contribution >= 4 is 17.6 Å². The second-order valence-corrected chi connectivity index (χ2v) is 10.1. The molecule has 1 saturated heterocycles. The molecule has 1 fully saturated rings. The number of methoxy groups -OCH3 is 1. The topological polar surface area (TPSA) is 58.6 Å². The normalized spacial score (nSPS) is 13.8. The summed E-state index contributed by atoms with van der Waals surface area (Å²) >= 11 is 0. The highest BCUT2D eigenvalue weighted by Gasteiger charge is 2.18. The summed E-state index contributed by atoms with van der Waals surface area (Å²) in [5.41, 5.74) is 8.39. The van der Waals surface area contributed by atoms with Gasteiger partial charge in [0.1, 0.15) is 11.6 Å². The first kappa shape index (κ1) is 25.5. The van der Waals surface area contributed by atoms with Gasteiger partial charge in [-0.15, -0.1) is 0 Å². The molecule has 0 spiro atoms. The molecule has 5 rings (SSSR count). The predicted octanol–water partition coefficient (Wildman–Crippen LogP) is 6.24. The summed E-state index contributed by atoms with van der Waals surface area (Å²) in [6, 6.07) is 20.8. The standard InChI is InChI=1S/C32H34N4O2/c1-22-14-23(2)16-27(15-22)25-6-8-30(33-20-25)35-10-5-11-36(13-12-35)31-9-7-26(21-34-31)28-17-24(3)18-29(19-28)32(37)38-4/h6-9,14-21H,5,10-13H2,1-4H3. The summed E-state index contributed by atoms with van der Waals surface area (Å²) in [4.78, 5) is 26.3. The molecule has 1 aliphatic rings. The van der Waals surface area contributed by atoms with Gasteiger partial charge in [0.15, 0.2) is 0 Å². The number of anilines is 2. The summed E-state index contributed by atoms with van der Waals surface area (Å²) in [7, 11) is 1.40. The fourth-order valence-corrected chi connectivity index (χ4v) is 5.19. The lowest BCUT2D eigenvalue weighted by molar-refractivity contribution is 0.0600. The number of hydrogen-bond acceptors (Lipinski definition) is 6. The summed E-state index contributed by atoms with van der Waals surface area (Å²) < 4.78 is 4.90. The van der Waals surface area contributed by atoms with E-state index in [1.54, 1.807) is 0 Å². The van der Waals surface area contributed by atoms with Crippen molar-refractivity contribution in [1.29, 1.82) is 0 Å². The average molecular weight is 507 g/mol. The van der Waals surface area contributed by atoms with Crippen LogP contribution in [0.5, 0.6) is 0 Å². The zero-order valence-corrected chi connectivity index (χ0v) is 22.6. The fourth-order valence-electron chi connectivity index (χ4n) is 5.19. The number of aromatic nitrogens is 2. The third-order valence-corrected chi connectivity index (χ3v) is 7.03. The third-order valence-electron chi connectivity index (χ3n) is 7.03. The van der Waals surface area contributed by atoms with Crippen molar-refractivity contribution in [2.24, 2.45) is 0 Å². The Balaban J connectivity index is 1.26. The SMILES string of the molecule is COC(=O)c1cc(C)cc(-c2ccc(N3CCCN(c4ccc(-c5cc(C)cc(C)c5)cn4)CC3)nc2)c1. The lowest BCUT2D eigenvalue weighted by atomic mass is 10.0. The van der Waals surface area contributed by atoms with E-state index >= 15 is 0 Å². The molecule has 0 radical (unpaired) electrons. The fraction of sp³-hybridized carbons (Fsp3) is 0.281. The molecule has 3 heterocycles. The zero-order valence-electron chi connectivity index (χ0n) is 22.6. The Morgan fingerprint density at radius 1 is 0.658 bits per heavy atom. The van der Waals surface area contributed by atoms with Crippen LogP contribution in [0.2, 0.25) is 0 Å². The van der Waals surface area contributed by atoms with Crippen LogP contribution >= 0.6 is 0 Å². The van der Waals surface area contributed by atoms with Crippen LogP contribution in [-0.4, -0.2) is 49.2 Å². The molecule has 0 N–H and O–H groups in total. The van der Waals surface area contributed by atoms with Crippen LogP contribution in [0.1, 0.15) is 33.5 Å². The molecule has 0 bridgehead atoms. The van der Waals surface area contributed by atoms with E-state index in [2.05, 4.69) is 72.2 Å². The van der Waals surface area contributed by atoms with Gasteiger partial charge in [-0.1, -0.05) is 35.4 Å². The summed E-state index contributed by atoms with van der Waals surface area (Å²) in [5, 5.41) is 0.